The molecule has 250 valence electrons. The molecule has 2 aromatic carbocycles. The first-order valence-electron chi connectivity index (χ1n) is 16.0. The maximum atomic E-state index is 13.4. The molecular formula is C35H54O6S2Si2. The summed E-state index contributed by atoms with van der Waals surface area (Å²) in [6.07, 6.45) is 1.71. The van der Waals surface area contributed by atoms with Crippen LogP contribution < -0.4 is 18.3 Å². The van der Waals surface area contributed by atoms with E-state index in [1.54, 1.807) is 14.2 Å². The van der Waals surface area contributed by atoms with E-state index in [1.807, 2.05) is 35.7 Å². The molecule has 2 heterocycles. The number of benzene rings is 2. The number of carbonyl (C=O) groups excluding carboxylic acids is 1. The number of methoxy groups -OCH3 is 2. The Kier molecular flexibility index (Phi) is 10.7. The van der Waals surface area contributed by atoms with Gasteiger partial charge in [0.05, 0.1) is 30.8 Å². The smallest absolute Gasteiger partial charge is 0.309 e. The van der Waals surface area contributed by atoms with Crippen LogP contribution in [-0.2, 0) is 20.0 Å². The predicted molar refractivity (Wildman–Crippen MR) is 194 cm³/mol. The number of carbonyl (C=O) groups is 1. The molecule has 2 fully saturated rings. The molecule has 2 aromatic rings. The summed E-state index contributed by atoms with van der Waals surface area (Å²) in [4.78, 5) is 13.4. The Morgan fingerprint density at radius 2 is 1.31 bits per heavy atom. The highest BCUT2D eigenvalue weighted by atomic mass is 32.2. The van der Waals surface area contributed by atoms with Crippen LogP contribution in [0.25, 0.3) is 0 Å². The number of thioether (sulfide) groups is 2. The number of hydrogen-bond donors (Lipinski definition) is 0. The maximum absolute atomic E-state index is 13.4. The normalized spacial score (nSPS) is 20.8. The van der Waals surface area contributed by atoms with Gasteiger partial charge in [0.25, 0.3) is 16.6 Å². The lowest BCUT2D eigenvalue weighted by Crippen LogP contribution is -2.44. The van der Waals surface area contributed by atoms with Crippen molar-refractivity contribution >= 4 is 46.1 Å². The molecule has 0 spiro atoms. The van der Waals surface area contributed by atoms with Crippen molar-refractivity contribution in [3.8, 4) is 23.0 Å². The molecule has 2 atom stereocenters. The number of ether oxygens (including phenoxy) is 3. The zero-order chi connectivity index (χ0) is 33.4. The third kappa shape index (κ3) is 7.54. The van der Waals surface area contributed by atoms with Gasteiger partial charge in [0.15, 0.2) is 11.5 Å². The lowest BCUT2D eigenvalue weighted by Gasteiger charge is -2.42. The fourth-order valence-electron chi connectivity index (χ4n) is 5.30. The van der Waals surface area contributed by atoms with Crippen LogP contribution in [0.2, 0.25) is 36.3 Å². The van der Waals surface area contributed by atoms with Crippen molar-refractivity contribution in [3.05, 3.63) is 47.5 Å². The second-order valence-corrected chi connectivity index (χ2v) is 27.7. The molecule has 6 nitrogen and oxygen atoms in total. The topological polar surface area (TPSA) is 63.2 Å². The van der Waals surface area contributed by atoms with Crippen LogP contribution in [0.1, 0.15) is 59.1 Å². The predicted octanol–water partition coefficient (Wildman–Crippen LogP) is 9.53. The van der Waals surface area contributed by atoms with Gasteiger partial charge in [0.2, 0.25) is 0 Å². The first-order valence-corrected chi connectivity index (χ1v) is 23.8. The van der Waals surface area contributed by atoms with Crippen LogP contribution in [-0.4, -0.2) is 54.9 Å². The molecule has 0 bridgehead atoms. The average Bonchev–Trinajstić information content (AvgIpc) is 3.32. The summed E-state index contributed by atoms with van der Waals surface area (Å²) in [7, 11) is -0.724. The SMILES string of the molecule is COc1cc(C[C@H]2C(=O)OC[C@@H]2C2(c3ccc(O[Si](C)(C)C(C)(C)C)c(OC)c3)SCCCS2)ccc1O[Si](C)(C)C(C)(C)C. The van der Waals surface area contributed by atoms with E-state index in [9.17, 15) is 4.79 Å². The van der Waals surface area contributed by atoms with Crippen molar-refractivity contribution in [1.29, 1.82) is 0 Å². The molecule has 0 aromatic heterocycles. The van der Waals surface area contributed by atoms with Gasteiger partial charge in [-0.3, -0.25) is 4.79 Å². The number of esters is 1. The van der Waals surface area contributed by atoms with Gasteiger partial charge in [-0.25, -0.2) is 0 Å². The highest BCUT2D eigenvalue weighted by Gasteiger charge is 2.53. The molecule has 0 N–H and O–H groups in total. The molecule has 0 unspecified atom stereocenters. The largest absolute Gasteiger partial charge is 0.541 e. The minimum absolute atomic E-state index is 0.00804. The van der Waals surface area contributed by atoms with Crippen molar-refractivity contribution in [3.63, 3.8) is 0 Å². The van der Waals surface area contributed by atoms with E-state index in [4.69, 9.17) is 23.1 Å². The van der Waals surface area contributed by atoms with Gasteiger partial charge in [-0.15, -0.1) is 23.5 Å². The zero-order valence-electron chi connectivity index (χ0n) is 29.4. The Hall–Kier alpha value is -1.76. The van der Waals surface area contributed by atoms with Crippen LogP contribution in [0.4, 0.5) is 0 Å². The lowest BCUT2D eigenvalue weighted by atomic mass is 9.84. The fraction of sp³-hybridized carbons (Fsp3) is 0.629. The van der Waals surface area contributed by atoms with E-state index in [-0.39, 0.29) is 32.0 Å². The first kappa shape index (κ1) is 36.1. The summed E-state index contributed by atoms with van der Waals surface area (Å²) < 4.78 is 30.5. The highest BCUT2D eigenvalue weighted by Crippen LogP contribution is 2.60. The number of cyclic esters (lactones) is 1. The molecule has 2 aliphatic heterocycles. The molecule has 0 saturated carbocycles. The Labute approximate surface area is 282 Å². The van der Waals surface area contributed by atoms with Crippen molar-refractivity contribution < 1.29 is 27.9 Å². The standard InChI is InChI=1S/C35H54O6S2Si2/c1-33(2,3)44(9,10)40-28-16-14-24(21-30(28)37-7)20-26-27(23-39-32(26)36)35(42-18-13-19-43-35)25-15-17-29(31(22-25)38-8)41-45(11,12)34(4,5)6/h14-17,21-22,26-27H,13,18-20,23H2,1-12H3/t26-,27+/m1/s1. The van der Waals surface area contributed by atoms with Crippen molar-refractivity contribution in [1.82, 2.24) is 0 Å². The summed E-state index contributed by atoms with van der Waals surface area (Å²) in [5, 5.41) is 0.137. The minimum atomic E-state index is -2.06. The van der Waals surface area contributed by atoms with Gasteiger partial charge in [-0.2, -0.15) is 0 Å². The molecule has 0 radical (unpaired) electrons. The van der Waals surface area contributed by atoms with Crippen molar-refractivity contribution in [2.75, 3.05) is 32.3 Å². The fourth-order valence-corrected chi connectivity index (χ4v) is 11.0. The summed E-state index contributed by atoms with van der Waals surface area (Å²) in [5.41, 5.74) is 2.19. The second kappa shape index (κ2) is 13.4. The number of rotatable bonds is 10. The lowest BCUT2D eigenvalue weighted by molar-refractivity contribution is -0.141. The van der Waals surface area contributed by atoms with Crippen LogP contribution in [0.15, 0.2) is 36.4 Å². The van der Waals surface area contributed by atoms with Gasteiger partial charge in [-0.1, -0.05) is 53.7 Å². The minimum Gasteiger partial charge on any atom is -0.541 e. The monoisotopic (exact) mass is 690 g/mol. The van der Waals surface area contributed by atoms with Gasteiger partial charge >= 0.3 is 5.97 Å². The zero-order valence-corrected chi connectivity index (χ0v) is 33.1. The third-order valence-electron chi connectivity index (χ3n) is 10.2. The quantitative estimate of drug-likeness (QED) is 0.181. The van der Waals surface area contributed by atoms with E-state index in [1.165, 1.54) is 0 Å². The Balaban J connectivity index is 1.67. The van der Waals surface area contributed by atoms with Crippen LogP contribution >= 0.6 is 23.5 Å². The third-order valence-corrected chi connectivity index (χ3v) is 22.5. The summed E-state index contributed by atoms with van der Waals surface area (Å²) in [6.45, 7) is 22.8. The number of hydrogen-bond acceptors (Lipinski definition) is 8. The van der Waals surface area contributed by atoms with E-state index in [0.29, 0.717) is 18.8 Å². The van der Waals surface area contributed by atoms with Crippen LogP contribution in [0.5, 0.6) is 23.0 Å². The van der Waals surface area contributed by atoms with E-state index in [2.05, 4.69) is 92.0 Å². The molecule has 0 aliphatic carbocycles. The van der Waals surface area contributed by atoms with E-state index in [0.717, 1.165) is 46.3 Å². The van der Waals surface area contributed by atoms with Crippen LogP contribution in [0, 0.1) is 11.8 Å². The van der Waals surface area contributed by atoms with E-state index >= 15 is 0 Å². The Morgan fingerprint density at radius 1 is 0.800 bits per heavy atom. The average molecular weight is 691 g/mol. The molecular weight excluding hydrogens is 637 g/mol. The molecule has 0 amide bonds. The molecule has 4 rings (SSSR count). The highest BCUT2D eigenvalue weighted by molar-refractivity contribution is 8.18. The summed E-state index contributed by atoms with van der Waals surface area (Å²) in [6, 6.07) is 12.5. The van der Waals surface area contributed by atoms with Gasteiger partial charge in [0.1, 0.15) is 11.5 Å². The van der Waals surface area contributed by atoms with Gasteiger partial charge in [0, 0.05) is 5.92 Å². The Bertz CT molecular complexity index is 1360. The molecule has 2 saturated heterocycles. The molecule has 10 heteroatoms. The van der Waals surface area contributed by atoms with Crippen LogP contribution in [0.3, 0.4) is 0 Å². The first-order chi connectivity index (χ1) is 20.8. The summed E-state index contributed by atoms with van der Waals surface area (Å²) in [5.74, 6) is 4.64. The second-order valence-electron chi connectivity index (χ2n) is 15.3. The maximum Gasteiger partial charge on any atom is 0.309 e. The molecule has 45 heavy (non-hydrogen) atoms. The van der Waals surface area contributed by atoms with Gasteiger partial charge < -0.3 is 23.1 Å². The summed E-state index contributed by atoms with van der Waals surface area (Å²) >= 11 is 3.88. The van der Waals surface area contributed by atoms with Crippen molar-refractivity contribution in [2.45, 2.75) is 94.7 Å². The molecule has 2 aliphatic rings. The van der Waals surface area contributed by atoms with Crippen molar-refractivity contribution in [2.24, 2.45) is 11.8 Å². The van der Waals surface area contributed by atoms with Gasteiger partial charge in [-0.05, 0) is 96.0 Å². The van der Waals surface area contributed by atoms with E-state index < -0.39 is 16.6 Å². The Morgan fingerprint density at radius 3 is 1.82 bits per heavy atom.